The minimum atomic E-state index is -0.336. The zero-order valence-electron chi connectivity index (χ0n) is 11.4. The summed E-state index contributed by atoms with van der Waals surface area (Å²) < 4.78 is 10.7. The van der Waals surface area contributed by atoms with Crippen LogP contribution in [0.25, 0.3) is 0 Å². The quantitative estimate of drug-likeness (QED) is 0.634. The van der Waals surface area contributed by atoms with Crippen LogP contribution in [0.1, 0.15) is 5.56 Å². The monoisotopic (exact) mass is 352 g/mol. The molecule has 2 aromatic rings. The Labute approximate surface area is 129 Å². The van der Waals surface area contributed by atoms with E-state index in [1.54, 1.807) is 32.6 Å². The molecule has 0 aliphatic carbocycles. The Kier molecular flexibility index (Phi) is 4.94. The Bertz CT molecular complexity index is 715. The van der Waals surface area contributed by atoms with Crippen molar-refractivity contribution in [1.82, 2.24) is 10.2 Å². The van der Waals surface area contributed by atoms with Crippen molar-refractivity contribution in [2.45, 2.75) is 0 Å². The number of nitrogens with zero attached hydrogens (tertiary/aromatic N) is 2. The minimum Gasteiger partial charge on any atom is -0.497 e. The summed E-state index contributed by atoms with van der Waals surface area (Å²) in [6.07, 6.45) is 3.03. The molecule has 0 aliphatic rings. The number of aromatic nitrogens is 2. The highest BCUT2D eigenvalue weighted by Gasteiger charge is 2.04. The zero-order valence-corrected chi connectivity index (χ0v) is 13.0. The smallest absolute Gasteiger partial charge is 0.280 e. The van der Waals surface area contributed by atoms with E-state index in [4.69, 9.17) is 9.47 Å². The van der Waals surface area contributed by atoms with E-state index in [1.807, 2.05) is 6.07 Å². The van der Waals surface area contributed by atoms with Gasteiger partial charge in [-0.05, 0) is 28.1 Å². The summed E-state index contributed by atoms with van der Waals surface area (Å²) in [6, 6.07) is 5.37. The summed E-state index contributed by atoms with van der Waals surface area (Å²) in [5.74, 6) is 1.32. The van der Waals surface area contributed by atoms with Crippen molar-refractivity contribution in [2.75, 3.05) is 19.6 Å². The fraction of sp³-hybridized carbons (Fsp3) is 0.154. The fourth-order valence-corrected chi connectivity index (χ4v) is 1.84. The molecule has 7 nitrogen and oxygen atoms in total. The lowest BCUT2D eigenvalue weighted by Gasteiger charge is -2.07. The van der Waals surface area contributed by atoms with Crippen LogP contribution in [0, 0.1) is 0 Å². The van der Waals surface area contributed by atoms with E-state index in [0.29, 0.717) is 21.7 Å². The Hall–Kier alpha value is -2.35. The third kappa shape index (κ3) is 3.60. The number of hydrogen-bond acceptors (Lipinski definition) is 6. The average Bonchev–Trinajstić information content (AvgIpc) is 2.51. The number of hydrogen-bond donors (Lipinski definition) is 2. The van der Waals surface area contributed by atoms with Crippen LogP contribution >= 0.6 is 15.9 Å². The molecule has 2 N–H and O–H groups in total. The van der Waals surface area contributed by atoms with E-state index in [9.17, 15) is 4.79 Å². The second-order valence-corrected chi connectivity index (χ2v) is 4.70. The summed E-state index contributed by atoms with van der Waals surface area (Å²) in [7, 11) is 3.15. The molecule has 8 heteroatoms. The first kappa shape index (κ1) is 15.0. The maximum atomic E-state index is 11.4. The Morgan fingerprint density at radius 3 is 2.90 bits per heavy atom. The predicted molar refractivity (Wildman–Crippen MR) is 83.3 cm³/mol. The van der Waals surface area contributed by atoms with E-state index < -0.39 is 0 Å². The number of hydrazone groups is 1. The lowest BCUT2D eigenvalue weighted by atomic mass is 10.2. The second-order valence-electron chi connectivity index (χ2n) is 3.90. The third-order valence-electron chi connectivity index (χ3n) is 2.62. The van der Waals surface area contributed by atoms with Gasteiger partial charge in [-0.3, -0.25) is 10.2 Å². The van der Waals surface area contributed by atoms with E-state index in [-0.39, 0.29) is 5.56 Å². The Morgan fingerprint density at radius 2 is 2.19 bits per heavy atom. The van der Waals surface area contributed by atoms with E-state index >= 15 is 0 Å². The van der Waals surface area contributed by atoms with Gasteiger partial charge in [0.1, 0.15) is 16.0 Å². The van der Waals surface area contributed by atoms with Crippen molar-refractivity contribution in [3.63, 3.8) is 0 Å². The summed E-state index contributed by atoms with van der Waals surface area (Å²) >= 11 is 3.15. The van der Waals surface area contributed by atoms with Gasteiger partial charge in [-0.15, -0.1) is 0 Å². The molecule has 0 spiro atoms. The normalized spacial score (nSPS) is 10.6. The van der Waals surface area contributed by atoms with Crippen LogP contribution in [0.5, 0.6) is 11.5 Å². The lowest BCUT2D eigenvalue weighted by molar-refractivity contribution is 0.394. The average molecular weight is 353 g/mol. The molecule has 0 fully saturated rings. The predicted octanol–water partition coefficient (Wildman–Crippen LogP) is 2.00. The van der Waals surface area contributed by atoms with Crippen LogP contribution in [-0.2, 0) is 0 Å². The number of aromatic amines is 1. The molecule has 110 valence electrons. The first-order valence-electron chi connectivity index (χ1n) is 5.90. The zero-order chi connectivity index (χ0) is 15.2. The molecule has 0 radical (unpaired) electrons. The SMILES string of the molecule is COc1ccc(/C=N\Nc2cn[nH]c(=O)c2Br)c(OC)c1. The van der Waals surface area contributed by atoms with Crippen LogP contribution in [0.15, 0.2) is 38.8 Å². The fourth-order valence-electron chi connectivity index (χ4n) is 1.56. The van der Waals surface area contributed by atoms with Crippen molar-refractivity contribution < 1.29 is 9.47 Å². The van der Waals surface area contributed by atoms with E-state index in [2.05, 4.69) is 36.7 Å². The van der Waals surface area contributed by atoms with E-state index in [0.717, 1.165) is 5.56 Å². The summed E-state index contributed by atoms with van der Waals surface area (Å²) in [4.78, 5) is 11.4. The van der Waals surface area contributed by atoms with Gasteiger partial charge >= 0.3 is 0 Å². The van der Waals surface area contributed by atoms with Gasteiger partial charge in [-0.1, -0.05) is 0 Å². The van der Waals surface area contributed by atoms with Crippen LogP contribution in [0.4, 0.5) is 5.69 Å². The number of nitrogens with one attached hydrogen (secondary N) is 2. The van der Waals surface area contributed by atoms with Crippen molar-refractivity contribution in [1.29, 1.82) is 0 Å². The Balaban J connectivity index is 2.18. The molecule has 1 aromatic heterocycles. The van der Waals surface area contributed by atoms with Gasteiger partial charge in [0, 0.05) is 11.6 Å². The van der Waals surface area contributed by atoms with Gasteiger partial charge < -0.3 is 9.47 Å². The number of halogens is 1. The Morgan fingerprint density at radius 1 is 1.38 bits per heavy atom. The molecule has 0 saturated heterocycles. The van der Waals surface area contributed by atoms with Gasteiger partial charge in [-0.25, -0.2) is 5.10 Å². The lowest BCUT2D eigenvalue weighted by Crippen LogP contribution is -2.10. The highest BCUT2D eigenvalue weighted by molar-refractivity contribution is 9.10. The van der Waals surface area contributed by atoms with E-state index in [1.165, 1.54) is 6.20 Å². The first-order chi connectivity index (χ1) is 10.2. The van der Waals surface area contributed by atoms with Crippen molar-refractivity contribution >= 4 is 27.8 Å². The topological polar surface area (TPSA) is 88.6 Å². The van der Waals surface area contributed by atoms with Gasteiger partial charge in [0.15, 0.2) is 0 Å². The van der Waals surface area contributed by atoms with Crippen LogP contribution in [0.2, 0.25) is 0 Å². The van der Waals surface area contributed by atoms with Gasteiger partial charge in [0.2, 0.25) is 0 Å². The standard InChI is InChI=1S/C13H13BrN4O3/c1-20-9-4-3-8(11(5-9)21-2)6-15-17-10-7-16-18-13(19)12(10)14/h3-7H,1-2H3,(H2,17,18,19)/b15-6-. The molecule has 1 aromatic carbocycles. The number of methoxy groups -OCH3 is 2. The van der Waals surface area contributed by atoms with Gasteiger partial charge in [0.25, 0.3) is 5.56 Å². The molecule has 0 saturated carbocycles. The number of anilines is 1. The van der Waals surface area contributed by atoms with Crippen molar-refractivity contribution in [2.24, 2.45) is 5.10 Å². The maximum Gasteiger partial charge on any atom is 0.280 e. The van der Waals surface area contributed by atoms with Crippen LogP contribution in [-0.4, -0.2) is 30.6 Å². The maximum absolute atomic E-state index is 11.4. The largest absolute Gasteiger partial charge is 0.497 e. The van der Waals surface area contributed by atoms with Gasteiger partial charge in [-0.2, -0.15) is 10.2 Å². The van der Waals surface area contributed by atoms with Crippen LogP contribution < -0.4 is 20.5 Å². The summed E-state index contributed by atoms with van der Waals surface area (Å²) in [5.41, 5.74) is 3.62. The number of ether oxygens (including phenoxy) is 2. The molecular formula is C13H13BrN4O3. The number of benzene rings is 1. The van der Waals surface area contributed by atoms with Crippen LogP contribution in [0.3, 0.4) is 0 Å². The molecule has 0 amide bonds. The molecule has 0 aliphatic heterocycles. The van der Waals surface area contributed by atoms with Crippen molar-refractivity contribution in [3.8, 4) is 11.5 Å². The summed E-state index contributed by atoms with van der Waals surface area (Å²) in [5, 5.41) is 10.0. The van der Waals surface area contributed by atoms with Crippen molar-refractivity contribution in [3.05, 3.63) is 44.8 Å². The minimum absolute atomic E-state index is 0.330. The highest BCUT2D eigenvalue weighted by atomic mass is 79.9. The first-order valence-corrected chi connectivity index (χ1v) is 6.69. The molecule has 0 atom stereocenters. The number of H-pyrrole nitrogens is 1. The molecule has 21 heavy (non-hydrogen) atoms. The second kappa shape index (κ2) is 6.89. The molecular weight excluding hydrogens is 340 g/mol. The highest BCUT2D eigenvalue weighted by Crippen LogP contribution is 2.23. The number of rotatable bonds is 5. The molecule has 0 unspecified atom stereocenters. The molecule has 1 heterocycles. The molecule has 0 bridgehead atoms. The molecule has 2 rings (SSSR count). The third-order valence-corrected chi connectivity index (χ3v) is 3.41. The van der Waals surface area contributed by atoms with Gasteiger partial charge in [0.05, 0.1) is 32.3 Å². The summed E-state index contributed by atoms with van der Waals surface area (Å²) in [6.45, 7) is 0.